The normalized spacial score (nSPS) is 12.1. The number of benzene rings is 9. The summed E-state index contributed by atoms with van der Waals surface area (Å²) in [5, 5.41) is 2.05. The Bertz CT molecular complexity index is 4030. The minimum atomic E-state index is -0.720. The molecule has 0 aliphatic heterocycles. The number of aromatic nitrogens is 4. The zero-order valence-corrected chi connectivity index (χ0v) is 48.1. The Balaban J connectivity index is 0.000000181. The topological polar surface area (TPSA) is 48.8 Å². The van der Waals surface area contributed by atoms with Gasteiger partial charge in [0.05, 0.1) is 39.3 Å². The summed E-state index contributed by atoms with van der Waals surface area (Å²) >= 11 is 0. The summed E-state index contributed by atoms with van der Waals surface area (Å²) < 4.78 is 19.9. The van der Waals surface area contributed by atoms with E-state index in [1.54, 1.807) is 0 Å². The van der Waals surface area contributed by atoms with Crippen LogP contribution in [-0.4, -0.2) is 19.1 Å². The van der Waals surface area contributed by atoms with Crippen LogP contribution in [0.3, 0.4) is 0 Å². The van der Waals surface area contributed by atoms with Gasteiger partial charge in [-0.25, -0.2) is 0 Å². The van der Waals surface area contributed by atoms with Crippen molar-refractivity contribution >= 4 is 44.0 Å². The van der Waals surface area contributed by atoms with Crippen molar-refractivity contribution in [3.05, 3.63) is 228 Å². The van der Waals surface area contributed by atoms with Crippen LogP contribution in [0.25, 0.3) is 100 Å². The molecule has 387 valence electrons. The first kappa shape index (κ1) is 51.5. The number of para-hydroxylation sites is 4. The van der Waals surface area contributed by atoms with Crippen molar-refractivity contribution in [2.24, 2.45) is 0 Å². The van der Waals surface area contributed by atoms with Crippen LogP contribution < -0.4 is 0 Å². The maximum absolute atomic E-state index is 8.56. The fraction of sp³-hybridized carbons (Fsp3) is 0.211. The molecule has 12 rings (SSSR count). The smallest absolute Gasteiger partial charge is 0.121 e. The van der Waals surface area contributed by atoms with Gasteiger partial charge in [-0.05, 0) is 134 Å². The molecular formula is C71H66IrN4O-2. The fourth-order valence-electron chi connectivity index (χ4n) is 10.8. The minimum absolute atomic E-state index is 0. The summed E-state index contributed by atoms with van der Waals surface area (Å²) in [6.45, 7) is 22.0. The number of hydrogen-bond acceptors (Lipinski definition) is 3. The van der Waals surface area contributed by atoms with Crippen LogP contribution in [0, 0.1) is 12.1 Å². The second-order valence-electron chi connectivity index (χ2n) is 21.6. The molecule has 0 spiro atoms. The average Bonchev–Trinajstić information content (AvgIpc) is 4.20. The van der Waals surface area contributed by atoms with Gasteiger partial charge in [0.15, 0.2) is 0 Å². The minimum Gasteiger partial charge on any atom is -0.501 e. The number of nitrogens with zero attached hydrogens (tertiary/aromatic N) is 4. The van der Waals surface area contributed by atoms with Crippen molar-refractivity contribution in [2.45, 2.75) is 98.8 Å². The Morgan fingerprint density at radius 2 is 0.909 bits per heavy atom. The van der Waals surface area contributed by atoms with E-state index in [-0.39, 0.29) is 31.9 Å². The summed E-state index contributed by atoms with van der Waals surface area (Å²) in [4.78, 5) is 10.3. The molecule has 3 heterocycles. The van der Waals surface area contributed by atoms with Gasteiger partial charge in [0.25, 0.3) is 0 Å². The molecule has 0 aliphatic carbocycles. The molecule has 0 atom stereocenters. The molecule has 6 heteroatoms. The van der Waals surface area contributed by atoms with Gasteiger partial charge < -0.3 is 13.6 Å². The third-order valence-corrected chi connectivity index (χ3v) is 14.8. The molecule has 5 nitrogen and oxygen atoms in total. The van der Waals surface area contributed by atoms with Crippen LogP contribution in [-0.2, 0) is 20.1 Å². The summed E-state index contributed by atoms with van der Waals surface area (Å²) in [6.07, 6.45) is 0. The monoisotopic (exact) mass is 1180 g/mol. The van der Waals surface area contributed by atoms with Gasteiger partial charge in [0.2, 0.25) is 0 Å². The van der Waals surface area contributed by atoms with Gasteiger partial charge in [-0.3, -0.25) is 9.97 Å². The second-order valence-corrected chi connectivity index (χ2v) is 21.6. The molecule has 0 bridgehead atoms. The SMILES string of the molecule is CC(C)c1cc(-c2ccccc2)cc(C(C)C)c1-n1c(-c2[c-]cccc2)nc2ccccc21.[2H]C(C)(C)c1ccc2c(c1)oc1c(-c3nc4ccccc4n3-c3c(C(C)C)cc(-c4ccccc4)cc3C(C)C)[c-]ccc12.[Ir]. The van der Waals surface area contributed by atoms with Crippen molar-refractivity contribution in [3.8, 4) is 56.4 Å². The molecule has 0 unspecified atom stereocenters. The van der Waals surface area contributed by atoms with Gasteiger partial charge in [-0.1, -0.05) is 177 Å². The van der Waals surface area contributed by atoms with E-state index in [4.69, 9.17) is 15.8 Å². The number of hydrogen-bond donors (Lipinski definition) is 0. The maximum atomic E-state index is 8.56. The van der Waals surface area contributed by atoms with Gasteiger partial charge >= 0.3 is 0 Å². The van der Waals surface area contributed by atoms with E-state index in [0.717, 1.165) is 72.3 Å². The third kappa shape index (κ3) is 10.0. The van der Waals surface area contributed by atoms with Gasteiger partial charge in [0, 0.05) is 38.2 Å². The van der Waals surface area contributed by atoms with Crippen LogP contribution in [0.5, 0.6) is 0 Å². The van der Waals surface area contributed by atoms with Gasteiger partial charge in [0.1, 0.15) is 5.58 Å². The number of furan rings is 1. The Labute approximate surface area is 469 Å². The van der Waals surface area contributed by atoms with Gasteiger partial charge in [-0.2, -0.15) is 0 Å². The molecule has 1 radical (unpaired) electrons. The van der Waals surface area contributed by atoms with Crippen molar-refractivity contribution in [1.29, 1.82) is 0 Å². The molecule has 0 saturated heterocycles. The van der Waals surface area contributed by atoms with Crippen molar-refractivity contribution < 1.29 is 25.9 Å². The van der Waals surface area contributed by atoms with Crippen LogP contribution >= 0.6 is 0 Å². The maximum Gasteiger partial charge on any atom is 0.121 e. The molecule has 9 aromatic carbocycles. The van der Waals surface area contributed by atoms with E-state index in [1.165, 1.54) is 55.9 Å². The summed E-state index contributed by atoms with van der Waals surface area (Å²) in [6, 6.07) is 72.8. The zero-order valence-electron chi connectivity index (χ0n) is 46.7. The predicted molar refractivity (Wildman–Crippen MR) is 319 cm³/mol. The standard InChI is InChI=1S/C40H37N2O.C31H29N2.Ir/c1-24(2)28-19-20-30-31-15-12-16-32(39(31)43-37(30)23-28)40-41-35-17-10-11-18-36(35)42(40)38-33(25(3)4)21-29(22-34(38)26(5)6)27-13-8-7-9-14-27;1-21(2)26-19-25(23-13-7-5-8-14-23)20-27(22(3)4)30(26)33-29-18-12-11-17-28(29)32-31(33)24-15-9-6-10-16-24;/h7-15,17-26H,1-6H3;5-15,17-22H,1-4H3;/q2*-1;/i24D;;. The van der Waals surface area contributed by atoms with E-state index in [9.17, 15) is 0 Å². The molecule has 0 fully saturated rings. The van der Waals surface area contributed by atoms with E-state index in [1.807, 2.05) is 50.2 Å². The Kier molecular flexibility index (Phi) is 14.8. The molecule has 12 aromatic rings. The Hall–Kier alpha value is -7.63. The van der Waals surface area contributed by atoms with Crippen molar-refractivity contribution in [3.63, 3.8) is 0 Å². The summed E-state index contributed by atoms with van der Waals surface area (Å²) in [7, 11) is 0. The first-order valence-electron chi connectivity index (χ1n) is 27.4. The van der Waals surface area contributed by atoms with Crippen molar-refractivity contribution in [1.82, 2.24) is 19.1 Å². The van der Waals surface area contributed by atoms with E-state index in [0.29, 0.717) is 11.8 Å². The number of imidazole rings is 2. The molecule has 3 aromatic heterocycles. The summed E-state index contributed by atoms with van der Waals surface area (Å²) in [5.41, 5.74) is 21.0. The molecule has 0 N–H and O–H groups in total. The molecular weight excluding hydrogens is 1120 g/mol. The Morgan fingerprint density at radius 1 is 0.442 bits per heavy atom. The predicted octanol–water partition coefficient (Wildman–Crippen LogP) is 19.8. The average molecular weight is 1180 g/mol. The fourth-order valence-corrected chi connectivity index (χ4v) is 10.8. The molecule has 0 aliphatic rings. The Morgan fingerprint density at radius 3 is 1.39 bits per heavy atom. The third-order valence-electron chi connectivity index (χ3n) is 14.8. The molecule has 0 saturated carbocycles. The zero-order chi connectivity index (χ0) is 53.7. The van der Waals surface area contributed by atoms with E-state index >= 15 is 0 Å². The molecule has 0 amide bonds. The summed E-state index contributed by atoms with van der Waals surface area (Å²) in [5.74, 6) is 2.30. The quantitative estimate of drug-likeness (QED) is 0.121. The van der Waals surface area contributed by atoms with Gasteiger partial charge in [-0.15, -0.1) is 54.1 Å². The largest absolute Gasteiger partial charge is 0.501 e. The number of fused-ring (bicyclic) bond motifs is 5. The first-order chi connectivity index (χ1) is 37.2. The van der Waals surface area contributed by atoms with Crippen LogP contribution in [0.2, 0.25) is 0 Å². The van der Waals surface area contributed by atoms with Crippen LogP contribution in [0.1, 0.15) is 128 Å². The van der Waals surface area contributed by atoms with Crippen LogP contribution in [0.15, 0.2) is 192 Å². The first-order valence-corrected chi connectivity index (χ1v) is 26.9. The van der Waals surface area contributed by atoms with Crippen molar-refractivity contribution in [2.75, 3.05) is 0 Å². The van der Waals surface area contributed by atoms with E-state index in [2.05, 4.69) is 228 Å². The molecule has 77 heavy (non-hydrogen) atoms. The van der Waals surface area contributed by atoms with Crippen LogP contribution in [0.4, 0.5) is 0 Å². The van der Waals surface area contributed by atoms with E-state index < -0.39 is 5.89 Å². The number of rotatable bonds is 11. The second kappa shape index (κ2) is 22.1.